The maximum atomic E-state index is 5.11. The number of hydrogen-bond donors (Lipinski definition) is 0. The van der Waals surface area contributed by atoms with Crippen LogP contribution in [-0.4, -0.2) is 13.7 Å². The first-order valence-electron chi connectivity index (χ1n) is 5.51. The van der Waals surface area contributed by atoms with E-state index in [0.29, 0.717) is 10.8 Å². The highest BCUT2D eigenvalue weighted by atomic mass is 16.5. The fraction of sp³-hybridized carbons (Fsp3) is 1.00. The molecule has 1 rings (SSSR count). The summed E-state index contributed by atoms with van der Waals surface area (Å²) in [7, 11) is 1.79. The topological polar surface area (TPSA) is 9.23 Å². The third kappa shape index (κ3) is 2.25. The highest BCUT2D eigenvalue weighted by molar-refractivity contribution is 4.94. The van der Waals surface area contributed by atoms with Gasteiger partial charge in [-0.25, -0.2) is 0 Å². The average Bonchev–Trinajstić information content (AvgIpc) is 2.28. The van der Waals surface area contributed by atoms with Gasteiger partial charge in [-0.2, -0.15) is 0 Å². The Bertz CT molecular complexity index is 163. The van der Waals surface area contributed by atoms with E-state index in [2.05, 4.69) is 20.8 Å². The molecule has 1 fully saturated rings. The summed E-state index contributed by atoms with van der Waals surface area (Å²) in [6.07, 6.45) is 6.76. The van der Waals surface area contributed by atoms with Crippen LogP contribution in [0.15, 0.2) is 0 Å². The van der Waals surface area contributed by atoms with Gasteiger partial charge in [-0.05, 0) is 36.5 Å². The van der Waals surface area contributed by atoms with Gasteiger partial charge in [-0.3, -0.25) is 0 Å². The molecule has 0 unspecified atom stereocenters. The lowest BCUT2D eigenvalue weighted by Crippen LogP contribution is -2.29. The predicted molar refractivity (Wildman–Crippen MR) is 56.8 cm³/mol. The summed E-state index contributed by atoms with van der Waals surface area (Å²) in [6, 6.07) is 0. The highest BCUT2D eigenvalue weighted by Gasteiger charge is 2.43. The summed E-state index contributed by atoms with van der Waals surface area (Å²) in [6.45, 7) is 8.22. The van der Waals surface area contributed by atoms with E-state index < -0.39 is 0 Å². The molecule has 0 bridgehead atoms. The Morgan fingerprint density at radius 2 is 1.85 bits per heavy atom. The summed E-state index contributed by atoms with van der Waals surface area (Å²) in [4.78, 5) is 0. The Kier molecular flexibility index (Phi) is 3.39. The van der Waals surface area contributed by atoms with E-state index >= 15 is 0 Å². The molecular weight excluding hydrogens is 160 g/mol. The van der Waals surface area contributed by atoms with E-state index in [1.807, 2.05) is 0 Å². The molecule has 0 N–H and O–H groups in total. The van der Waals surface area contributed by atoms with Crippen LogP contribution in [0.2, 0.25) is 0 Å². The third-order valence-electron chi connectivity index (χ3n) is 4.24. The zero-order chi connectivity index (χ0) is 9.95. The van der Waals surface area contributed by atoms with Crippen molar-refractivity contribution in [1.82, 2.24) is 0 Å². The molecule has 0 spiro atoms. The molecule has 0 aromatic rings. The van der Waals surface area contributed by atoms with Crippen LogP contribution in [0.5, 0.6) is 0 Å². The lowest BCUT2D eigenvalue weighted by atomic mass is 9.67. The molecule has 0 saturated heterocycles. The normalized spacial score (nSPS) is 32.3. The van der Waals surface area contributed by atoms with Crippen molar-refractivity contribution in [3.63, 3.8) is 0 Å². The Morgan fingerprint density at radius 1 is 1.15 bits per heavy atom. The first-order chi connectivity index (χ1) is 6.02. The van der Waals surface area contributed by atoms with Crippen LogP contribution < -0.4 is 0 Å². The smallest absolute Gasteiger partial charge is 0.0462 e. The second-order valence-corrected chi connectivity index (χ2v) is 5.39. The molecule has 0 aromatic carbocycles. The Morgan fingerprint density at radius 3 is 2.31 bits per heavy atom. The Hall–Kier alpha value is -0.0400. The molecule has 1 aliphatic rings. The maximum absolute atomic E-state index is 5.11. The molecule has 78 valence electrons. The van der Waals surface area contributed by atoms with Crippen molar-refractivity contribution in [2.75, 3.05) is 13.7 Å². The van der Waals surface area contributed by atoms with Gasteiger partial charge in [-0.1, -0.05) is 27.2 Å². The molecule has 0 heterocycles. The van der Waals surface area contributed by atoms with Crippen molar-refractivity contribution < 1.29 is 4.74 Å². The van der Waals surface area contributed by atoms with Crippen LogP contribution in [0.4, 0.5) is 0 Å². The molecule has 0 amide bonds. The number of ether oxygens (including phenoxy) is 1. The van der Waals surface area contributed by atoms with Gasteiger partial charge in [-0.15, -0.1) is 0 Å². The second kappa shape index (κ2) is 4.00. The summed E-state index contributed by atoms with van der Waals surface area (Å²) in [5.74, 6) is 0. The van der Waals surface area contributed by atoms with Gasteiger partial charge in [0.15, 0.2) is 0 Å². The quantitative estimate of drug-likeness (QED) is 0.606. The van der Waals surface area contributed by atoms with Crippen molar-refractivity contribution >= 4 is 0 Å². The minimum atomic E-state index is 0.542. The largest absolute Gasteiger partial charge is 0.385 e. The fourth-order valence-electron chi connectivity index (χ4n) is 2.63. The monoisotopic (exact) mass is 184 g/mol. The van der Waals surface area contributed by atoms with E-state index in [1.54, 1.807) is 7.11 Å². The molecule has 13 heavy (non-hydrogen) atoms. The van der Waals surface area contributed by atoms with Gasteiger partial charge in [0.2, 0.25) is 0 Å². The first kappa shape index (κ1) is 11.0. The maximum Gasteiger partial charge on any atom is 0.0462 e. The van der Waals surface area contributed by atoms with Gasteiger partial charge in [0.05, 0.1) is 0 Å². The van der Waals surface area contributed by atoms with Crippen LogP contribution in [-0.2, 0) is 4.74 Å². The van der Waals surface area contributed by atoms with E-state index in [-0.39, 0.29) is 0 Å². The van der Waals surface area contributed by atoms with E-state index in [0.717, 1.165) is 6.61 Å². The SMILES string of the molecule is COCCC[C@]1(C)CCCC1(C)C. The van der Waals surface area contributed by atoms with Gasteiger partial charge < -0.3 is 4.74 Å². The fourth-order valence-corrected chi connectivity index (χ4v) is 2.63. The predicted octanol–water partition coefficient (Wildman–Crippen LogP) is 3.63. The Balaban J connectivity index is 2.45. The highest BCUT2D eigenvalue weighted by Crippen LogP contribution is 2.54. The minimum absolute atomic E-state index is 0.542. The first-order valence-corrected chi connectivity index (χ1v) is 5.51. The number of rotatable bonds is 4. The summed E-state index contributed by atoms with van der Waals surface area (Å²) >= 11 is 0. The molecule has 1 aliphatic carbocycles. The standard InChI is InChI=1S/C12H24O/c1-11(2)7-5-8-12(11,3)9-6-10-13-4/h5-10H2,1-4H3/t12-/m0/s1. The Labute approximate surface area is 82.9 Å². The minimum Gasteiger partial charge on any atom is -0.385 e. The summed E-state index contributed by atoms with van der Waals surface area (Å²) < 4.78 is 5.11. The second-order valence-electron chi connectivity index (χ2n) is 5.39. The van der Waals surface area contributed by atoms with Gasteiger partial charge >= 0.3 is 0 Å². The molecule has 1 saturated carbocycles. The van der Waals surface area contributed by atoms with Gasteiger partial charge in [0.25, 0.3) is 0 Å². The molecule has 1 atom stereocenters. The molecule has 0 radical (unpaired) electrons. The third-order valence-corrected chi connectivity index (χ3v) is 4.24. The molecule has 1 nitrogen and oxygen atoms in total. The zero-order valence-electron chi connectivity index (χ0n) is 9.65. The van der Waals surface area contributed by atoms with E-state index in [1.165, 1.54) is 32.1 Å². The van der Waals surface area contributed by atoms with Crippen molar-refractivity contribution in [3.8, 4) is 0 Å². The molecule has 1 heteroatoms. The van der Waals surface area contributed by atoms with E-state index in [9.17, 15) is 0 Å². The lowest BCUT2D eigenvalue weighted by Gasteiger charge is -2.38. The van der Waals surface area contributed by atoms with Crippen LogP contribution in [0, 0.1) is 10.8 Å². The number of hydrogen-bond acceptors (Lipinski definition) is 1. The van der Waals surface area contributed by atoms with Crippen molar-refractivity contribution in [3.05, 3.63) is 0 Å². The van der Waals surface area contributed by atoms with Crippen LogP contribution in [0.3, 0.4) is 0 Å². The van der Waals surface area contributed by atoms with Gasteiger partial charge in [0, 0.05) is 13.7 Å². The van der Waals surface area contributed by atoms with Crippen molar-refractivity contribution in [2.45, 2.75) is 52.9 Å². The number of methoxy groups -OCH3 is 1. The zero-order valence-corrected chi connectivity index (χ0v) is 9.65. The molecule has 0 aromatic heterocycles. The van der Waals surface area contributed by atoms with Crippen molar-refractivity contribution in [2.24, 2.45) is 10.8 Å². The van der Waals surface area contributed by atoms with Crippen molar-refractivity contribution in [1.29, 1.82) is 0 Å². The summed E-state index contributed by atoms with van der Waals surface area (Å²) in [5.41, 5.74) is 1.10. The molecular formula is C12H24O. The van der Waals surface area contributed by atoms with E-state index in [4.69, 9.17) is 4.74 Å². The molecule has 0 aliphatic heterocycles. The summed E-state index contributed by atoms with van der Waals surface area (Å²) in [5, 5.41) is 0. The van der Waals surface area contributed by atoms with Crippen LogP contribution in [0.25, 0.3) is 0 Å². The van der Waals surface area contributed by atoms with Crippen LogP contribution in [0.1, 0.15) is 52.9 Å². The average molecular weight is 184 g/mol. The van der Waals surface area contributed by atoms with Gasteiger partial charge in [0.1, 0.15) is 0 Å². The van der Waals surface area contributed by atoms with Crippen LogP contribution >= 0.6 is 0 Å². The lowest BCUT2D eigenvalue weighted by molar-refractivity contribution is 0.0980.